The molecule has 0 aliphatic heterocycles. The van der Waals surface area contributed by atoms with E-state index in [-0.39, 0.29) is 18.1 Å². The van der Waals surface area contributed by atoms with Crippen molar-refractivity contribution < 1.29 is 23.0 Å². The standard InChI is InChI=1S/C11H11F2IO3/c1-16-10(15)5-3-7-2-4-8(14)9(6-7)17-11(12)13/h2,4,6,11H,3,5H2,1H3. The van der Waals surface area contributed by atoms with Gasteiger partial charge in [-0.15, -0.1) is 0 Å². The van der Waals surface area contributed by atoms with E-state index in [2.05, 4.69) is 9.47 Å². The van der Waals surface area contributed by atoms with E-state index in [9.17, 15) is 13.6 Å². The quantitative estimate of drug-likeness (QED) is 0.601. The fourth-order valence-electron chi connectivity index (χ4n) is 1.24. The molecule has 3 nitrogen and oxygen atoms in total. The minimum Gasteiger partial charge on any atom is -0.469 e. The van der Waals surface area contributed by atoms with Crippen LogP contribution in [0.25, 0.3) is 0 Å². The number of hydrogen-bond donors (Lipinski definition) is 0. The van der Waals surface area contributed by atoms with Gasteiger partial charge in [0, 0.05) is 6.42 Å². The predicted octanol–water partition coefficient (Wildman–Crippen LogP) is 3.00. The number of esters is 1. The molecule has 0 atom stereocenters. The van der Waals surface area contributed by atoms with Crippen molar-refractivity contribution >= 4 is 28.6 Å². The van der Waals surface area contributed by atoms with Crippen LogP contribution in [0.5, 0.6) is 5.75 Å². The highest BCUT2D eigenvalue weighted by Crippen LogP contribution is 2.24. The zero-order chi connectivity index (χ0) is 12.8. The second kappa shape index (κ2) is 6.73. The van der Waals surface area contributed by atoms with E-state index >= 15 is 0 Å². The average Bonchev–Trinajstić information content (AvgIpc) is 2.29. The summed E-state index contributed by atoms with van der Waals surface area (Å²) in [4.78, 5) is 10.9. The molecule has 0 saturated carbocycles. The highest BCUT2D eigenvalue weighted by Gasteiger charge is 2.10. The molecule has 0 heterocycles. The van der Waals surface area contributed by atoms with Gasteiger partial charge in [0.15, 0.2) is 0 Å². The van der Waals surface area contributed by atoms with Gasteiger partial charge in [-0.25, -0.2) is 0 Å². The van der Waals surface area contributed by atoms with Crippen LogP contribution in [0.15, 0.2) is 18.2 Å². The van der Waals surface area contributed by atoms with Crippen LogP contribution in [0.1, 0.15) is 12.0 Å². The zero-order valence-corrected chi connectivity index (χ0v) is 11.2. The Bertz CT molecular complexity index is 396. The third-order valence-corrected chi connectivity index (χ3v) is 2.95. The second-order valence-corrected chi connectivity index (χ2v) is 4.38. The Kier molecular flexibility index (Phi) is 5.60. The molecule has 1 rings (SSSR count). The van der Waals surface area contributed by atoms with Crippen molar-refractivity contribution in [3.05, 3.63) is 27.3 Å². The van der Waals surface area contributed by atoms with Gasteiger partial charge in [0.2, 0.25) is 0 Å². The molecule has 1 aromatic rings. The number of alkyl halides is 2. The van der Waals surface area contributed by atoms with Crippen LogP contribution in [-0.4, -0.2) is 19.7 Å². The topological polar surface area (TPSA) is 35.5 Å². The molecular formula is C11H11F2IO3. The summed E-state index contributed by atoms with van der Waals surface area (Å²) >= 11 is 1.91. The fourth-order valence-corrected chi connectivity index (χ4v) is 1.70. The first-order valence-electron chi connectivity index (χ1n) is 4.83. The molecule has 0 saturated heterocycles. The molecule has 0 fully saturated rings. The van der Waals surface area contributed by atoms with Gasteiger partial charge in [-0.2, -0.15) is 8.78 Å². The molecule has 0 N–H and O–H groups in total. The summed E-state index contributed by atoms with van der Waals surface area (Å²) in [6.07, 6.45) is 0.647. The number of carbonyl (C=O) groups is 1. The summed E-state index contributed by atoms with van der Waals surface area (Å²) in [6.45, 7) is -2.85. The van der Waals surface area contributed by atoms with Crippen LogP contribution >= 0.6 is 22.6 Å². The molecule has 0 aromatic heterocycles. The third kappa shape index (κ3) is 4.84. The van der Waals surface area contributed by atoms with Crippen LogP contribution in [0, 0.1) is 3.57 Å². The van der Waals surface area contributed by atoms with E-state index in [0.29, 0.717) is 9.99 Å². The summed E-state index contributed by atoms with van der Waals surface area (Å²) in [7, 11) is 1.31. The number of benzene rings is 1. The molecule has 1 aromatic carbocycles. The van der Waals surface area contributed by atoms with Crippen LogP contribution in [0.4, 0.5) is 8.78 Å². The van der Waals surface area contributed by atoms with Crippen LogP contribution in [-0.2, 0) is 16.0 Å². The van der Waals surface area contributed by atoms with E-state index in [1.165, 1.54) is 13.2 Å². The number of hydrogen-bond acceptors (Lipinski definition) is 3. The van der Waals surface area contributed by atoms with Gasteiger partial charge in [-0.05, 0) is 46.7 Å². The summed E-state index contributed by atoms with van der Waals surface area (Å²) in [6, 6.07) is 4.95. The van der Waals surface area contributed by atoms with E-state index in [1.54, 1.807) is 12.1 Å². The number of ether oxygens (including phenoxy) is 2. The minimum atomic E-state index is -2.85. The molecule has 0 amide bonds. The summed E-state index contributed by atoms with van der Waals surface area (Å²) in [5.41, 5.74) is 0.756. The fraction of sp³-hybridized carbons (Fsp3) is 0.364. The van der Waals surface area contributed by atoms with E-state index < -0.39 is 6.61 Å². The van der Waals surface area contributed by atoms with Gasteiger partial charge in [-0.3, -0.25) is 4.79 Å². The first-order valence-corrected chi connectivity index (χ1v) is 5.91. The Balaban J connectivity index is 2.71. The monoisotopic (exact) mass is 356 g/mol. The Hall–Kier alpha value is -0.920. The molecule has 17 heavy (non-hydrogen) atoms. The molecule has 0 radical (unpaired) electrons. The lowest BCUT2D eigenvalue weighted by Crippen LogP contribution is -2.05. The Labute approximate surface area is 111 Å². The summed E-state index contributed by atoms with van der Waals surface area (Å²) in [5, 5.41) is 0. The SMILES string of the molecule is COC(=O)CCc1ccc(I)c(OC(F)F)c1. The number of rotatable bonds is 5. The van der Waals surface area contributed by atoms with Crippen LogP contribution in [0.2, 0.25) is 0 Å². The average molecular weight is 356 g/mol. The lowest BCUT2D eigenvalue weighted by molar-refractivity contribution is -0.140. The maximum atomic E-state index is 12.1. The highest BCUT2D eigenvalue weighted by atomic mass is 127. The van der Waals surface area contributed by atoms with Crippen molar-refractivity contribution in [2.75, 3.05) is 7.11 Å². The molecule has 0 unspecified atom stereocenters. The predicted molar refractivity (Wildman–Crippen MR) is 66.1 cm³/mol. The molecule has 0 aliphatic carbocycles. The molecule has 94 valence electrons. The van der Waals surface area contributed by atoms with Gasteiger partial charge in [0.1, 0.15) is 5.75 Å². The number of methoxy groups -OCH3 is 1. The molecule has 0 aliphatic rings. The van der Waals surface area contributed by atoms with Gasteiger partial charge >= 0.3 is 12.6 Å². The van der Waals surface area contributed by atoms with Crippen molar-refractivity contribution in [2.24, 2.45) is 0 Å². The van der Waals surface area contributed by atoms with Gasteiger partial charge < -0.3 is 9.47 Å². The van der Waals surface area contributed by atoms with Crippen molar-refractivity contribution in [3.63, 3.8) is 0 Å². The van der Waals surface area contributed by atoms with Crippen LogP contribution in [0.3, 0.4) is 0 Å². The second-order valence-electron chi connectivity index (χ2n) is 3.22. The van der Waals surface area contributed by atoms with Gasteiger partial charge in [0.05, 0.1) is 10.7 Å². The van der Waals surface area contributed by atoms with Crippen molar-refractivity contribution in [2.45, 2.75) is 19.5 Å². The number of halogens is 3. The number of carbonyl (C=O) groups excluding carboxylic acids is 1. The van der Waals surface area contributed by atoms with Crippen molar-refractivity contribution in [1.82, 2.24) is 0 Å². The largest absolute Gasteiger partial charge is 0.469 e. The van der Waals surface area contributed by atoms with Crippen molar-refractivity contribution in [1.29, 1.82) is 0 Å². The summed E-state index contributed by atoms with van der Waals surface area (Å²) < 4.78 is 33.7. The van der Waals surface area contributed by atoms with Gasteiger partial charge in [0.25, 0.3) is 0 Å². The van der Waals surface area contributed by atoms with E-state index in [1.807, 2.05) is 22.6 Å². The Morgan fingerprint density at radius 2 is 2.18 bits per heavy atom. The van der Waals surface area contributed by atoms with Crippen LogP contribution < -0.4 is 4.74 Å². The van der Waals surface area contributed by atoms with E-state index in [4.69, 9.17) is 0 Å². The normalized spacial score (nSPS) is 10.4. The lowest BCUT2D eigenvalue weighted by atomic mass is 10.1. The maximum Gasteiger partial charge on any atom is 0.387 e. The third-order valence-electron chi connectivity index (χ3n) is 2.06. The smallest absolute Gasteiger partial charge is 0.387 e. The Morgan fingerprint density at radius 1 is 1.47 bits per heavy atom. The van der Waals surface area contributed by atoms with Gasteiger partial charge in [-0.1, -0.05) is 6.07 Å². The first-order chi connectivity index (χ1) is 8.02. The zero-order valence-electron chi connectivity index (χ0n) is 9.08. The molecule has 0 spiro atoms. The lowest BCUT2D eigenvalue weighted by Gasteiger charge is -2.08. The molecule has 6 heteroatoms. The molecular weight excluding hydrogens is 345 g/mol. The van der Waals surface area contributed by atoms with E-state index in [0.717, 1.165) is 5.56 Å². The Morgan fingerprint density at radius 3 is 2.76 bits per heavy atom. The molecule has 0 bridgehead atoms. The highest BCUT2D eigenvalue weighted by molar-refractivity contribution is 14.1. The minimum absolute atomic E-state index is 0.128. The number of aryl methyl sites for hydroxylation is 1. The summed E-state index contributed by atoms with van der Waals surface area (Å²) in [5.74, 6) is -0.206. The van der Waals surface area contributed by atoms with Crippen molar-refractivity contribution in [3.8, 4) is 5.75 Å². The maximum absolute atomic E-state index is 12.1. The first kappa shape index (κ1) is 14.1.